The van der Waals surface area contributed by atoms with Crippen LogP contribution in [0.3, 0.4) is 0 Å². The molecule has 3 saturated heterocycles. The molecule has 0 saturated carbocycles. The van der Waals surface area contributed by atoms with Crippen molar-refractivity contribution in [3.05, 3.63) is 59.2 Å². The lowest BCUT2D eigenvalue weighted by Gasteiger charge is -2.40. The number of ether oxygens (including phenoxy) is 1. The van der Waals surface area contributed by atoms with Crippen molar-refractivity contribution in [2.75, 3.05) is 13.2 Å². The first kappa shape index (κ1) is 19.2. The van der Waals surface area contributed by atoms with Gasteiger partial charge in [-0.15, -0.1) is 0 Å². The molecule has 5 heteroatoms. The number of hydrogen-bond acceptors (Lipinski definition) is 4. The summed E-state index contributed by atoms with van der Waals surface area (Å²) in [6, 6.07) is 14.4. The molecule has 2 aromatic rings. The Balaban J connectivity index is 1.19. The molecule has 1 N–H and O–H groups in total. The van der Waals surface area contributed by atoms with Gasteiger partial charge in [0.25, 0.3) is 5.91 Å². The van der Waals surface area contributed by atoms with Crippen molar-refractivity contribution in [2.24, 2.45) is 0 Å². The molecule has 5 nitrogen and oxygen atoms in total. The van der Waals surface area contributed by atoms with Gasteiger partial charge in [0, 0.05) is 53.5 Å². The van der Waals surface area contributed by atoms with Crippen LogP contribution < -0.4 is 5.32 Å². The van der Waals surface area contributed by atoms with Crippen molar-refractivity contribution < 1.29 is 14.3 Å². The van der Waals surface area contributed by atoms with Crippen molar-refractivity contribution in [3.8, 4) is 11.1 Å². The van der Waals surface area contributed by atoms with E-state index in [1.807, 2.05) is 42.5 Å². The number of carbonyl (C=O) groups excluding carboxylic acids is 2. The van der Waals surface area contributed by atoms with E-state index in [2.05, 4.69) is 10.2 Å². The summed E-state index contributed by atoms with van der Waals surface area (Å²) in [5.41, 5.74) is 3.61. The molecule has 2 bridgehead atoms. The largest absolute Gasteiger partial charge is 0.377 e. The fourth-order valence-corrected chi connectivity index (χ4v) is 6.24. The molecule has 2 aromatic carbocycles. The van der Waals surface area contributed by atoms with Gasteiger partial charge in [0.2, 0.25) is 0 Å². The van der Waals surface area contributed by atoms with E-state index in [1.165, 1.54) is 25.7 Å². The SMILES string of the molecule is O=C(NC1CC2CCC(C1)N2CC1CCCO1)c1cccc2c1-c1ccccc1C2=O. The summed E-state index contributed by atoms with van der Waals surface area (Å²) in [5, 5.41) is 3.32. The number of piperidine rings is 1. The van der Waals surface area contributed by atoms with E-state index < -0.39 is 0 Å². The van der Waals surface area contributed by atoms with Crippen LogP contribution in [0.15, 0.2) is 42.5 Å². The zero-order chi connectivity index (χ0) is 20.9. The number of carbonyl (C=O) groups is 2. The van der Waals surface area contributed by atoms with Crippen LogP contribution in [-0.2, 0) is 4.74 Å². The van der Waals surface area contributed by atoms with Crippen LogP contribution in [0.1, 0.15) is 64.8 Å². The maximum atomic E-state index is 13.3. The van der Waals surface area contributed by atoms with Crippen LogP contribution in [0.2, 0.25) is 0 Å². The monoisotopic (exact) mass is 416 g/mol. The summed E-state index contributed by atoms with van der Waals surface area (Å²) in [5.74, 6) is -0.0425. The number of benzene rings is 2. The Morgan fingerprint density at radius 2 is 1.71 bits per heavy atom. The summed E-state index contributed by atoms with van der Waals surface area (Å²) in [6.45, 7) is 1.95. The molecule has 3 aliphatic heterocycles. The molecule has 1 aliphatic carbocycles. The van der Waals surface area contributed by atoms with Crippen molar-refractivity contribution in [1.82, 2.24) is 10.2 Å². The highest BCUT2D eigenvalue weighted by Gasteiger charge is 2.42. The van der Waals surface area contributed by atoms with Crippen LogP contribution in [0, 0.1) is 0 Å². The Hall–Kier alpha value is -2.50. The number of amides is 1. The third kappa shape index (κ3) is 3.22. The molecule has 31 heavy (non-hydrogen) atoms. The van der Waals surface area contributed by atoms with E-state index in [9.17, 15) is 9.59 Å². The summed E-state index contributed by atoms with van der Waals surface area (Å²) < 4.78 is 5.87. The fourth-order valence-electron chi connectivity index (χ4n) is 6.24. The lowest BCUT2D eigenvalue weighted by Crippen LogP contribution is -2.52. The Morgan fingerprint density at radius 3 is 2.45 bits per heavy atom. The van der Waals surface area contributed by atoms with Crippen LogP contribution in [0.5, 0.6) is 0 Å². The molecule has 4 aliphatic rings. The molecular formula is C26H28N2O3. The molecule has 3 heterocycles. The Kier molecular flexibility index (Phi) is 4.69. The maximum absolute atomic E-state index is 13.3. The van der Waals surface area contributed by atoms with E-state index in [1.54, 1.807) is 0 Å². The van der Waals surface area contributed by atoms with Gasteiger partial charge < -0.3 is 10.1 Å². The topological polar surface area (TPSA) is 58.6 Å². The van der Waals surface area contributed by atoms with Crippen molar-refractivity contribution in [1.29, 1.82) is 0 Å². The molecule has 0 spiro atoms. The number of nitrogens with zero attached hydrogens (tertiary/aromatic N) is 1. The van der Waals surface area contributed by atoms with Crippen molar-refractivity contribution in [2.45, 2.75) is 62.8 Å². The first-order chi connectivity index (χ1) is 15.2. The molecule has 0 aromatic heterocycles. The predicted octanol–water partition coefficient (Wildman–Crippen LogP) is 3.80. The molecule has 160 valence electrons. The molecule has 0 radical (unpaired) electrons. The standard InChI is InChI=1S/C26H28N2O3/c29-25-21-7-2-1-6-20(21)24-22(25)8-3-9-23(24)26(30)27-16-13-17-10-11-18(14-16)28(17)15-19-5-4-12-31-19/h1-3,6-9,16-19H,4-5,10-15H2,(H,27,30). The summed E-state index contributed by atoms with van der Waals surface area (Å²) in [4.78, 5) is 28.8. The van der Waals surface area contributed by atoms with Gasteiger partial charge in [0.05, 0.1) is 6.10 Å². The van der Waals surface area contributed by atoms with E-state index in [0.29, 0.717) is 34.9 Å². The van der Waals surface area contributed by atoms with Gasteiger partial charge in [0.1, 0.15) is 0 Å². The van der Waals surface area contributed by atoms with E-state index in [-0.39, 0.29) is 17.7 Å². The lowest BCUT2D eigenvalue weighted by atomic mass is 9.95. The van der Waals surface area contributed by atoms with E-state index in [0.717, 1.165) is 37.1 Å². The average Bonchev–Trinajstić information content (AvgIpc) is 3.46. The summed E-state index contributed by atoms with van der Waals surface area (Å²) in [6.07, 6.45) is 7.17. The highest BCUT2D eigenvalue weighted by Crippen LogP contribution is 2.40. The average molecular weight is 417 g/mol. The lowest BCUT2D eigenvalue weighted by molar-refractivity contribution is 0.0332. The van der Waals surface area contributed by atoms with Gasteiger partial charge >= 0.3 is 0 Å². The van der Waals surface area contributed by atoms with Crippen molar-refractivity contribution in [3.63, 3.8) is 0 Å². The second kappa shape index (κ2) is 7.57. The first-order valence-corrected chi connectivity index (χ1v) is 11.6. The van der Waals surface area contributed by atoms with Crippen LogP contribution in [0.4, 0.5) is 0 Å². The third-order valence-electron chi connectivity index (χ3n) is 7.65. The minimum atomic E-state index is -0.0571. The second-order valence-corrected chi connectivity index (χ2v) is 9.46. The summed E-state index contributed by atoms with van der Waals surface area (Å²) >= 11 is 0. The molecule has 3 fully saturated rings. The highest BCUT2D eigenvalue weighted by atomic mass is 16.5. The number of ketones is 1. The van der Waals surface area contributed by atoms with Gasteiger partial charge in [-0.05, 0) is 50.2 Å². The Bertz CT molecular complexity index is 1030. The Labute approximate surface area is 182 Å². The van der Waals surface area contributed by atoms with Gasteiger partial charge in [-0.3, -0.25) is 14.5 Å². The molecular weight excluding hydrogens is 388 g/mol. The minimum Gasteiger partial charge on any atom is -0.377 e. The molecule has 3 atom stereocenters. The van der Waals surface area contributed by atoms with Gasteiger partial charge in [0.15, 0.2) is 5.78 Å². The number of fused-ring (bicyclic) bond motifs is 5. The minimum absolute atomic E-state index is 0.0146. The van der Waals surface area contributed by atoms with Gasteiger partial charge in [-0.1, -0.05) is 36.4 Å². The zero-order valence-electron chi connectivity index (χ0n) is 17.7. The van der Waals surface area contributed by atoms with Gasteiger partial charge in [-0.25, -0.2) is 0 Å². The number of rotatable bonds is 4. The van der Waals surface area contributed by atoms with Gasteiger partial charge in [-0.2, -0.15) is 0 Å². The normalized spacial score (nSPS) is 29.1. The second-order valence-electron chi connectivity index (χ2n) is 9.46. The maximum Gasteiger partial charge on any atom is 0.252 e. The molecule has 1 amide bonds. The Morgan fingerprint density at radius 1 is 0.968 bits per heavy atom. The quantitative estimate of drug-likeness (QED) is 0.703. The van der Waals surface area contributed by atoms with E-state index >= 15 is 0 Å². The first-order valence-electron chi connectivity index (χ1n) is 11.6. The third-order valence-corrected chi connectivity index (χ3v) is 7.65. The number of hydrogen-bond donors (Lipinski definition) is 1. The molecule has 6 rings (SSSR count). The van der Waals surface area contributed by atoms with Crippen molar-refractivity contribution >= 4 is 11.7 Å². The summed E-state index contributed by atoms with van der Waals surface area (Å²) in [7, 11) is 0. The fraction of sp³-hybridized carbons (Fsp3) is 0.462. The van der Waals surface area contributed by atoms with Crippen LogP contribution >= 0.6 is 0 Å². The smallest absolute Gasteiger partial charge is 0.252 e. The zero-order valence-corrected chi connectivity index (χ0v) is 17.7. The predicted molar refractivity (Wildman–Crippen MR) is 118 cm³/mol. The molecule has 3 unspecified atom stereocenters. The van der Waals surface area contributed by atoms with E-state index in [4.69, 9.17) is 4.74 Å². The number of nitrogens with one attached hydrogen (secondary N) is 1. The van der Waals surface area contributed by atoms with Crippen LogP contribution in [0.25, 0.3) is 11.1 Å². The highest BCUT2D eigenvalue weighted by molar-refractivity contribution is 6.24. The van der Waals surface area contributed by atoms with Crippen LogP contribution in [-0.4, -0.2) is 54.0 Å².